The summed E-state index contributed by atoms with van der Waals surface area (Å²) in [5.74, 6) is -0.763. The molecular weight excluding hydrogens is 375 g/mol. The van der Waals surface area contributed by atoms with Crippen molar-refractivity contribution in [2.24, 2.45) is 5.92 Å². The van der Waals surface area contributed by atoms with Crippen LogP contribution in [0.25, 0.3) is 0 Å². The largest absolute Gasteiger partial charge is 0.351 e. The van der Waals surface area contributed by atoms with Gasteiger partial charge in [-0.3, -0.25) is 19.3 Å². The van der Waals surface area contributed by atoms with Crippen molar-refractivity contribution in [2.75, 3.05) is 44.6 Å². The summed E-state index contributed by atoms with van der Waals surface area (Å²) in [7, 11) is 0. The van der Waals surface area contributed by atoms with Crippen LogP contribution in [0.5, 0.6) is 0 Å². The van der Waals surface area contributed by atoms with Crippen molar-refractivity contribution >= 4 is 23.4 Å². The maximum atomic E-state index is 13.7. The van der Waals surface area contributed by atoms with Gasteiger partial charge in [0, 0.05) is 57.7 Å². The van der Waals surface area contributed by atoms with E-state index in [-0.39, 0.29) is 17.5 Å². The lowest BCUT2D eigenvalue weighted by molar-refractivity contribution is -0.137. The minimum absolute atomic E-state index is 0.00629. The van der Waals surface area contributed by atoms with Gasteiger partial charge >= 0.3 is 0 Å². The zero-order valence-electron chi connectivity index (χ0n) is 16.9. The zero-order valence-corrected chi connectivity index (χ0v) is 16.9. The number of amides is 3. The topological polar surface area (TPSA) is 81.8 Å². The Balaban J connectivity index is 1.41. The molecule has 8 heteroatoms. The number of nitrogens with one attached hydrogen (secondary N) is 2. The van der Waals surface area contributed by atoms with Gasteiger partial charge in [-0.05, 0) is 31.0 Å². The van der Waals surface area contributed by atoms with E-state index < -0.39 is 11.7 Å². The summed E-state index contributed by atoms with van der Waals surface area (Å²) < 4.78 is 13.7. The number of carbonyl (C=O) groups excluding carboxylic acids is 3. The second-order valence-electron chi connectivity index (χ2n) is 7.78. The Bertz CT molecular complexity index is 756. The van der Waals surface area contributed by atoms with Gasteiger partial charge in [-0.2, -0.15) is 0 Å². The van der Waals surface area contributed by atoms with Crippen molar-refractivity contribution in [3.63, 3.8) is 0 Å². The standard InChI is InChI=1S/C21H29FN4O3/c1-15(27)24-19-14-17(6-7-18(19)22)20(28)23-8-9-25-10-12-26(13-11-25)21(29)16-4-2-3-5-16/h6-7,14,16H,2-5,8-13H2,1H3,(H,23,28)(H,24,27). The number of anilines is 1. The monoisotopic (exact) mass is 404 g/mol. The average Bonchev–Trinajstić information content (AvgIpc) is 3.24. The maximum Gasteiger partial charge on any atom is 0.251 e. The van der Waals surface area contributed by atoms with Crippen LogP contribution in [-0.4, -0.2) is 66.8 Å². The van der Waals surface area contributed by atoms with E-state index in [0.29, 0.717) is 24.6 Å². The molecule has 3 amide bonds. The van der Waals surface area contributed by atoms with E-state index in [9.17, 15) is 18.8 Å². The molecule has 0 aromatic heterocycles. The predicted molar refractivity (Wildman–Crippen MR) is 108 cm³/mol. The number of piperazine rings is 1. The first kappa shape index (κ1) is 21.2. The van der Waals surface area contributed by atoms with E-state index in [0.717, 1.165) is 51.9 Å². The molecule has 158 valence electrons. The van der Waals surface area contributed by atoms with Crippen LogP contribution in [0.1, 0.15) is 43.0 Å². The Morgan fingerprint density at radius 1 is 1.10 bits per heavy atom. The van der Waals surface area contributed by atoms with Crippen molar-refractivity contribution in [1.82, 2.24) is 15.1 Å². The van der Waals surface area contributed by atoms with Crippen molar-refractivity contribution in [3.05, 3.63) is 29.6 Å². The minimum Gasteiger partial charge on any atom is -0.351 e. The number of hydrogen-bond acceptors (Lipinski definition) is 4. The van der Waals surface area contributed by atoms with E-state index in [1.54, 1.807) is 0 Å². The first-order chi connectivity index (χ1) is 13.9. The van der Waals surface area contributed by atoms with Gasteiger partial charge in [0.25, 0.3) is 5.91 Å². The fraction of sp³-hybridized carbons (Fsp3) is 0.571. The highest BCUT2D eigenvalue weighted by molar-refractivity contribution is 5.96. The van der Waals surface area contributed by atoms with E-state index >= 15 is 0 Å². The van der Waals surface area contributed by atoms with E-state index in [2.05, 4.69) is 15.5 Å². The highest BCUT2D eigenvalue weighted by Crippen LogP contribution is 2.26. The van der Waals surface area contributed by atoms with Gasteiger partial charge < -0.3 is 15.5 Å². The molecule has 1 saturated heterocycles. The first-order valence-corrected chi connectivity index (χ1v) is 10.3. The van der Waals surface area contributed by atoms with Crippen LogP contribution in [-0.2, 0) is 9.59 Å². The fourth-order valence-corrected chi connectivity index (χ4v) is 4.00. The van der Waals surface area contributed by atoms with Crippen molar-refractivity contribution in [2.45, 2.75) is 32.6 Å². The normalized spacial score (nSPS) is 17.9. The Labute approximate surface area is 170 Å². The second-order valence-corrected chi connectivity index (χ2v) is 7.78. The Morgan fingerprint density at radius 2 is 1.79 bits per heavy atom. The summed E-state index contributed by atoms with van der Waals surface area (Å²) in [5.41, 5.74) is 0.287. The summed E-state index contributed by atoms with van der Waals surface area (Å²) in [4.78, 5) is 40.1. The number of rotatable bonds is 6. The fourth-order valence-electron chi connectivity index (χ4n) is 4.00. The average molecular weight is 404 g/mol. The molecule has 2 fully saturated rings. The molecule has 1 aromatic carbocycles. The predicted octanol–water partition coefficient (Wildman–Crippen LogP) is 1.85. The van der Waals surface area contributed by atoms with E-state index in [1.165, 1.54) is 25.1 Å². The third-order valence-electron chi connectivity index (χ3n) is 5.64. The second kappa shape index (κ2) is 9.82. The molecule has 0 spiro atoms. The van der Waals surface area contributed by atoms with Crippen LogP contribution >= 0.6 is 0 Å². The van der Waals surface area contributed by atoms with Crippen molar-refractivity contribution in [1.29, 1.82) is 0 Å². The summed E-state index contributed by atoms with van der Waals surface area (Å²) in [6.45, 7) is 5.52. The Morgan fingerprint density at radius 3 is 2.45 bits per heavy atom. The van der Waals surface area contributed by atoms with E-state index in [4.69, 9.17) is 0 Å². The van der Waals surface area contributed by atoms with Crippen LogP contribution in [0.2, 0.25) is 0 Å². The number of carbonyl (C=O) groups is 3. The Kier molecular flexibility index (Phi) is 7.19. The highest BCUT2D eigenvalue weighted by atomic mass is 19.1. The lowest BCUT2D eigenvalue weighted by Crippen LogP contribution is -2.51. The van der Waals surface area contributed by atoms with Crippen molar-refractivity contribution < 1.29 is 18.8 Å². The molecule has 1 heterocycles. The quantitative estimate of drug-likeness (QED) is 0.758. The lowest BCUT2D eigenvalue weighted by Gasteiger charge is -2.36. The summed E-state index contributed by atoms with van der Waals surface area (Å²) in [6, 6.07) is 3.89. The van der Waals surface area contributed by atoms with Gasteiger partial charge in [0.05, 0.1) is 5.69 Å². The number of benzene rings is 1. The highest BCUT2D eigenvalue weighted by Gasteiger charge is 2.29. The zero-order chi connectivity index (χ0) is 20.8. The third-order valence-corrected chi connectivity index (χ3v) is 5.64. The van der Waals surface area contributed by atoms with Gasteiger partial charge in [0.1, 0.15) is 5.82 Å². The molecule has 1 aliphatic carbocycles. The number of halogens is 1. The molecule has 1 aromatic rings. The van der Waals surface area contributed by atoms with Crippen LogP contribution < -0.4 is 10.6 Å². The van der Waals surface area contributed by atoms with Gasteiger partial charge in [-0.15, -0.1) is 0 Å². The molecule has 2 N–H and O–H groups in total. The number of nitrogens with zero attached hydrogens (tertiary/aromatic N) is 2. The molecule has 0 radical (unpaired) electrons. The smallest absolute Gasteiger partial charge is 0.251 e. The minimum atomic E-state index is -0.582. The molecule has 1 saturated carbocycles. The summed E-state index contributed by atoms with van der Waals surface area (Å²) in [5, 5.41) is 5.20. The SMILES string of the molecule is CC(=O)Nc1cc(C(=O)NCCN2CCN(C(=O)C3CCCC3)CC2)ccc1F. The summed E-state index contributed by atoms with van der Waals surface area (Å²) >= 11 is 0. The first-order valence-electron chi connectivity index (χ1n) is 10.3. The van der Waals surface area contributed by atoms with Gasteiger partial charge in [0.2, 0.25) is 11.8 Å². The van der Waals surface area contributed by atoms with Crippen LogP contribution in [0.3, 0.4) is 0 Å². The maximum absolute atomic E-state index is 13.7. The molecule has 2 aliphatic rings. The summed E-state index contributed by atoms with van der Waals surface area (Å²) in [6.07, 6.45) is 4.38. The molecule has 0 unspecified atom stereocenters. The molecule has 3 rings (SSSR count). The lowest BCUT2D eigenvalue weighted by atomic mass is 10.1. The van der Waals surface area contributed by atoms with Crippen LogP contribution in [0.4, 0.5) is 10.1 Å². The Hall–Kier alpha value is -2.48. The molecule has 29 heavy (non-hydrogen) atoms. The van der Waals surface area contributed by atoms with Gasteiger partial charge in [0.15, 0.2) is 0 Å². The third kappa shape index (κ3) is 5.76. The van der Waals surface area contributed by atoms with Crippen LogP contribution in [0, 0.1) is 11.7 Å². The molecule has 0 atom stereocenters. The molecular formula is C21H29FN4O3. The molecule has 7 nitrogen and oxygen atoms in total. The molecule has 0 bridgehead atoms. The number of hydrogen-bond donors (Lipinski definition) is 2. The molecule has 1 aliphatic heterocycles. The van der Waals surface area contributed by atoms with Gasteiger partial charge in [-0.1, -0.05) is 12.8 Å². The van der Waals surface area contributed by atoms with Crippen LogP contribution in [0.15, 0.2) is 18.2 Å². The van der Waals surface area contributed by atoms with Crippen molar-refractivity contribution in [3.8, 4) is 0 Å². The van der Waals surface area contributed by atoms with E-state index in [1.807, 2.05) is 4.90 Å². The van der Waals surface area contributed by atoms with Gasteiger partial charge in [-0.25, -0.2) is 4.39 Å².